The predicted octanol–water partition coefficient (Wildman–Crippen LogP) is 3.35. The van der Waals surface area contributed by atoms with Gasteiger partial charge in [0.05, 0.1) is 19.0 Å². The van der Waals surface area contributed by atoms with Crippen LogP contribution in [0.15, 0.2) is 54.6 Å². The molecule has 0 spiro atoms. The maximum absolute atomic E-state index is 12.2. The van der Waals surface area contributed by atoms with E-state index in [9.17, 15) is 4.79 Å². The summed E-state index contributed by atoms with van der Waals surface area (Å²) < 4.78 is 0. The van der Waals surface area contributed by atoms with E-state index in [0.29, 0.717) is 13.0 Å². The van der Waals surface area contributed by atoms with Gasteiger partial charge in [-0.15, -0.1) is 0 Å². The average molecular weight is 293 g/mol. The zero-order chi connectivity index (χ0) is 15.8. The van der Waals surface area contributed by atoms with Crippen LogP contribution < -0.4 is 10.2 Å². The lowest BCUT2D eigenvalue weighted by molar-refractivity contribution is -0.115. The molecule has 1 amide bonds. The highest BCUT2D eigenvalue weighted by Gasteiger charge is 2.11. The van der Waals surface area contributed by atoms with Crippen LogP contribution in [0, 0.1) is 18.3 Å². The van der Waals surface area contributed by atoms with E-state index in [1.54, 1.807) is 0 Å². The van der Waals surface area contributed by atoms with E-state index in [4.69, 9.17) is 5.26 Å². The number of aryl methyl sites for hydroxylation is 1. The summed E-state index contributed by atoms with van der Waals surface area (Å²) in [6, 6.07) is 19.5. The van der Waals surface area contributed by atoms with Crippen LogP contribution in [0.25, 0.3) is 0 Å². The van der Waals surface area contributed by atoms with E-state index in [1.807, 2.05) is 66.4 Å². The maximum Gasteiger partial charge on any atom is 0.243 e. The molecular formula is C18H19N3O. The molecule has 0 atom stereocenters. The van der Waals surface area contributed by atoms with Crippen molar-refractivity contribution in [1.29, 1.82) is 5.26 Å². The molecule has 0 aliphatic heterocycles. The van der Waals surface area contributed by atoms with Gasteiger partial charge in [0, 0.05) is 17.9 Å². The zero-order valence-electron chi connectivity index (χ0n) is 12.6. The molecule has 2 aromatic rings. The quantitative estimate of drug-likeness (QED) is 0.888. The lowest BCUT2D eigenvalue weighted by Crippen LogP contribution is -2.34. The molecule has 2 aromatic carbocycles. The summed E-state index contributed by atoms with van der Waals surface area (Å²) in [6.07, 6.45) is 0.382. The van der Waals surface area contributed by atoms with Crippen molar-refractivity contribution in [1.82, 2.24) is 0 Å². The molecule has 0 aliphatic rings. The van der Waals surface area contributed by atoms with Crippen LogP contribution in [0.5, 0.6) is 0 Å². The Hall–Kier alpha value is -2.80. The summed E-state index contributed by atoms with van der Waals surface area (Å²) >= 11 is 0. The standard InChI is InChI=1S/C18H19N3O/c1-15-7-5-8-16(13-15)20-18(22)14-21(12-6-11-19)17-9-3-2-4-10-17/h2-5,7-10,13H,6,12,14H2,1H3,(H,20,22). The van der Waals surface area contributed by atoms with Crippen molar-refractivity contribution in [3.63, 3.8) is 0 Å². The molecule has 0 heterocycles. The summed E-state index contributed by atoms with van der Waals surface area (Å²) in [7, 11) is 0. The molecule has 0 unspecified atom stereocenters. The Labute approximate surface area is 131 Å². The fourth-order valence-electron chi connectivity index (χ4n) is 2.22. The van der Waals surface area contributed by atoms with Gasteiger partial charge in [-0.1, -0.05) is 30.3 Å². The lowest BCUT2D eigenvalue weighted by Gasteiger charge is -2.23. The van der Waals surface area contributed by atoms with Gasteiger partial charge in [-0.2, -0.15) is 5.26 Å². The molecule has 0 aliphatic carbocycles. The number of nitrogens with zero attached hydrogens (tertiary/aromatic N) is 2. The van der Waals surface area contributed by atoms with Crippen molar-refractivity contribution < 1.29 is 4.79 Å². The van der Waals surface area contributed by atoms with Crippen LogP contribution in [0.4, 0.5) is 11.4 Å². The Morgan fingerprint density at radius 3 is 2.64 bits per heavy atom. The summed E-state index contributed by atoms with van der Waals surface area (Å²) in [6.45, 7) is 2.74. The van der Waals surface area contributed by atoms with E-state index in [-0.39, 0.29) is 12.5 Å². The monoisotopic (exact) mass is 293 g/mol. The molecule has 0 aromatic heterocycles. The zero-order valence-corrected chi connectivity index (χ0v) is 12.6. The van der Waals surface area contributed by atoms with Crippen molar-refractivity contribution in [3.8, 4) is 6.07 Å². The highest BCUT2D eigenvalue weighted by atomic mass is 16.2. The van der Waals surface area contributed by atoms with Crippen LogP contribution in [0.1, 0.15) is 12.0 Å². The topological polar surface area (TPSA) is 56.1 Å². The number of benzene rings is 2. The number of amides is 1. The highest BCUT2D eigenvalue weighted by Crippen LogP contribution is 2.14. The van der Waals surface area contributed by atoms with Gasteiger partial charge in [-0.3, -0.25) is 4.79 Å². The minimum Gasteiger partial charge on any atom is -0.361 e. The molecule has 2 rings (SSSR count). The molecule has 4 nitrogen and oxygen atoms in total. The second kappa shape index (κ2) is 7.84. The van der Waals surface area contributed by atoms with Gasteiger partial charge < -0.3 is 10.2 Å². The van der Waals surface area contributed by atoms with Crippen LogP contribution in [-0.4, -0.2) is 19.0 Å². The normalized spacial score (nSPS) is 9.82. The summed E-state index contributed by atoms with van der Waals surface area (Å²) in [5.74, 6) is -0.0904. The Bertz CT molecular complexity index is 662. The summed E-state index contributed by atoms with van der Waals surface area (Å²) in [4.78, 5) is 14.1. The Kier molecular flexibility index (Phi) is 5.56. The van der Waals surface area contributed by atoms with Gasteiger partial charge in [-0.25, -0.2) is 0 Å². The molecule has 0 fully saturated rings. The first-order valence-electron chi connectivity index (χ1n) is 7.22. The van der Waals surface area contributed by atoms with Crippen molar-refractivity contribution >= 4 is 17.3 Å². The second-order valence-electron chi connectivity index (χ2n) is 5.08. The second-order valence-corrected chi connectivity index (χ2v) is 5.08. The largest absolute Gasteiger partial charge is 0.361 e. The number of hydrogen-bond acceptors (Lipinski definition) is 3. The highest BCUT2D eigenvalue weighted by molar-refractivity contribution is 5.94. The molecule has 0 saturated heterocycles. The van der Waals surface area contributed by atoms with Gasteiger partial charge in [0.1, 0.15) is 0 Å². The van der Waals surface area contributed by atoms with Crippen LogP contribution >= 0.6 is 0 Å². The Balaban J connectivity index is 2.03. The third-order valence-corrected chi connectivity index (χ3v) is 3.25. The van der Waals surface area contributed by atoms with Gasteiger partial charge in [-0.05, 0) is 36.8 Å². The van der Waals surface area contributed by atoms with Gasteiger partial charge in [0.2, 0.25) is 5.91 Å². The Morgan fingerprint density at radius 2 is 1.95 bits per heavy atom. The molecule has 0 radical (unpaired) electrons. The first kappa shape index (κ1) is 15.6. The molecular weight excluding hydrogens is 274 g/mol. The molecule has 0 saturated carbocycles. The summed E-state index contributed by atoms with van der Waals surface area (Å²) in [5.41, 5.74) is 2.83. The van der Waals surface area contributed by atoms with Crippen LogP contribution in [0.3, 0.4) is 0 Å². The first-order valence-corrected chi connectivity index (χ1v) is 7.22. The number of nitrogens with one attached hydrogen (secondary N) is 1. The van der Waals surface area contributed by atoms with Crippen LogP contribution in [-0.2, 0) is 4.79 Å². The molecule has 1 N–H and O–H groups in total. The number of carbonyl (C=O) groups is 1. The fraction of sp³-hybridized carbons (Fsp3) is 0.222. The van der Waals surface area contributed by atoms with Crippen molar-refractivity contribution in [3.05, 3.63) is 60.2 Å². The van der Waals surface area contributed by atoms with E-state index < -0.39 is 0 Å². The van der Waals surface area contributed by atoms with E-state index in [1.165, 1.54) is 0 Å². The number of rotatable bonds is 6. The molecule has 112 valence electrons. The van der Waals surface area contributed by atoms with Crippen molar-refractivity contribution in [2.45, 2.75) is 13.3 Å². The molecule has 4 heteroatoms. The minimum absolute atomic E-state index is 0.0904. The van der Waals surface area contributed by atoms with E-state index >= 15 is 0 Å². The van der Waals surface area contributed by atoms with E-state index in [0.717, 1.165) is 16.9 Å². The van der Waals surface area contributed by atoms with Crippen molar-refractivity contribution in [2.24, 2.45) is 0 Å². The number of hydrogen-bond donors (Lipinski definition) is 1. The molecule has 22 heavy (non-hydrogen) atoms. The average Bonchev–Trinajstić information content (AvgIpc) is 2.52. The van der Waals surface area contributed by atoms with Gasteiger partial charge >= 0.3 is 0 Å². The maximum atomic E-state index is 12.2. The first-order chi connectivity index (χ1) is 10.7. The van der Waals surface area contributed by atoms with Gasteiger partial charge in [0.15, 0.2) is 0 Å². The lowest BCUT2D eigenvalue weighted by atomic mass is 10.2. The third-order valence-electron chi connectivity index (χ3n) is 3.25. The third kappa shape index (κ3) is 4.64. The van der Waals surface area contributed by atoms with Crippen LogP contribution in [0.2, 0.25) is 0 Å². The molecule has 0 bridgehead atoms. The number of anilines is 2. The minimum atomic E-state index is -0.0904. The van der Waals surface area contributed by atoms with Gasteiger partial charge in [0.25, 0.3) is 0 Å². The smallest absolute Gasteiger partial charge is 0.243 e. The Morgan fingerprint density at radius 1 is 1.18 bits per heavy atom. The predicted molar refractivity (Wildman–Crippen MR) is 88.7 cm³/mol. The van der Waals surface area contributed by atoms with E-state index in [2.05, 4.69) is 11.4 Å². The SMILES string of the molecule is Cc1cccc(NC(=O)CN(CCC#N)c2ccccc2)c1. The number of carbonyl (C=O) groups excluding carboxylic acids is 1. The fourth-order valence-corrected chi connectivity index (χ4v) is 2.22. The summed E-state index contributed by atoms with van der Waals surface area (Å²) in [5, 5.41) is 11.7. The number of nitriles is 1. The van der Waals surface area contributed by atoms with Crippen molar-refractivity contribution in [2.75, 3.05) is 23.3 Å². The number of para-hydroxylation sites is 1.